The first-order valence-electron chi connectivity index (χ1n) is 6.74. The topological polar surface area (TPSA) is 55.2 Å². The van der Waals surface area contributed by atoms with Crippen LogP contribution in [0.15, 0.2) is 42.5 Å². The number of anilines is 1. The summed E-state index contributed by atoms with van der Waals surface area (Å²) in [5.74, 6) is -0.178. The van der Waals surface area contributed by atoms with E-state index in [0.29, 0.717) is 12.5 Å². The van der Waals surface area contributed by atoms with E-state index in [4.69, 9.17) is 0 Å². The highest BCUT2D eigenvalue weighted by Gasteiger charge is 2.17. The molecule has 0 amide bonds. The van der Waals surface area contributed by atoms with Gasteiger partial charge < -0.3 is 5.32 Å². The molecule has 21 heavy (non-hydrogen) atoms. The molecule has 2 aromatic rings. The van der Waals surface area contributed by atoms with Gasteiger partial charge in [0, 0.05) is 12.6 Å². The van der Waals surface area contributed by atoms with Crippen LogP contribution < -0.4 is 5.32 Å². The molecule has 110 valence electrons. The van der Waals surface area contributed by atoms with E-state index in [2.05, 4.69) is 19.2 Å². The molecule has 0 saturated carbocycles. The van der Waals surface area contributed by atoms with Crippen molar-refractivity contribution >= 4 is 11.4 Å². The number of halogens is 1. The van der Waals surface area contributed by atoms with Crippen molar-refractivity contribution in [3.63, 3.8) is 0 Å². The van der Waals surface area contributed by atoms with Crippen molar-refractivity contribution in [2.45, 2.75) is 26.3 Å². The Morgan fingerprint density at radius 1 is 1.19 bits per heavy atom. The van der Waals surface area contributed by atoms with Crippen LogP contribution in [0.3, 0.4) is 0 Å². The third kappa shape index (κ3) is 3.56. The van der Waals surface area contributed by atoms with Crippen LogP contribution in [0.5, 0.6) is 0 Å². The number of nitrogens with one attached hydrogen (secondary N) is 1. The molecule has 0 aliphatic rings. The zero-order valence-electron chi connectivity index (χ0n) is 12.0. The highest BCUT2D eigenvalue weighted by Crippen LogP contribution is 2.27. The normalized spacial score (nSPS) is 10.7. The minimum absolute atomic E-state index is 0.0737. The van der Waals surface area contributed by atoms with Crippen LogP contribution in [0.2, 0.25) is 0 Å². The van der Waals surface area contributed by atoms with Gasteiger partial charge in [-0.15, -0.1) is 0 Å². The molecule has 0 unspecified atom stereocenters. The molecule has 0 atom stereocenters. The lowest BCUT2D eigenvalue weighted by Crippen LogP contribution is -2.05. The molecule has 5 heteroatoms. The monoisotopic (exact) mass is 288 g/mol. The van der Waals surface area contributed by atoms with Gasteiger partial charge in [-0.3, -0.25) is 10.1 Å². The Bertz CT molecular complexity index is 639. The molecule has 0 aromatic heterocycles. The molecule has 0 saturated heterocycles. The van der Waals surface area contributed by atoms with Gasteiger partial charge in [-0.25, -0.2) is 4.39 Å². The molecule has 0 aliphatic carbocycles. The van der Waals surface area contributed by atoms with Crippen molar-refractivity contribution in [2.24, 2.45) is 0 Å². The van der Waals surface area contributed by atoms with Crippen molar-refractivity contribution in [1.82, 2.24) is 0 Å². The number of hydrogen-bond acceptors (Lipinski definition) is 3. The average Bonchev–Trinajstić information content (AvgIpc) is 2.46. The first kappa shape index (κ1) is 15.0. The van der Waals surface area contributed by atoms with Crippen LogP contribution in [0, 0.1) is 15.9 Å². The summed E-state index contributed by atoms with van der Waals surface area (Å²) in [6.07, 6.45) is 0. The maximum atomic E-state index is 13.7. The first-order valence-corrected chi connectivity index (χ1v) is 6.74. The number of hydrogen-bond donors (Lipinski definition) is 1. The molecular weight excluding hydrogens is 271 g/mol. The van der Waals surface area contributed by atoms with Gasteiger partial charge in [-0.2, -0.15) is 0 Å². The van der Waals surface area contributed by atoms with Gasteiger partial charge >= 0.3 is 0 Å². The quantitative estimate of drug-likeness (QED) is 0.652. The minimum atomic E-state index is -0.622. The van der Waals surface area contributed by atoms with E-state index in [1.165, 1.54) is 23.8 Å². The molecule has 0 bridgehead atoms. The van der Waals surface area contributed by atoms with Crippen molar-refractivity contribution in [3.8, 4) is 0 Å². The highest BCUT2D eigenvalue weighted by molar-refractivity contribution is 5.62. The third-order valence-electron chi connectivity index (χ3n) is 3.30. The Hall–Kier alpha value is -2.43. The zero-order valence-corrected chi connectivity index (χ0v) is 12.0. The molecular formula is C16H17FN2O2. The van der Waals surface area contributed by atoms with E-state index >= 15 is 0 Å². The number of rotatable bonds is 5. The van der Waals surface area contributed by atoms with E-state index in [-0.39, 0.29) is 11.4 Å². The highest BCUT2D eigenvalue weighted by atomic mass is 19.1. The Labute approximate surface area is 122 Å². The maximum absolute atomic E-state index is 13.7. The van der Waals surface area contributed by atoms with Gasteiger partial charge in [0.15, 0.2) is 5.82 Å². The van der Waals surface area contributed by atoms with Gasteiger partial charge in [-0.05, 0) is 23.1 Å². The molecule has 0 fully saturated rings. The largest absolute Gasteiger partial charge is 0.373 e. The van der Waals surface area contributed by atoms with Crippen LogP contribution in [-0.2, 0) is 6.54 Å². The summed E-state index contributed by atoms with van der Waals surface area (Å²) < 4.78 is 13.7. The fraction of sp³-hybridized carbons (Fsp3) is 0.250. The lowest BCUT2D eigenvalue weighted by atomic mass is 10.0. The predicted molar refractivity (Wildman–Crippen MR) is 80.9 cm³/mol. The summed E-state index contributed by atoms with van der Waals surface area (Å²) in [4.78, 5) is 10.3. The lowest BCUT2D eigenvalue weighted by Gasteiger charge is -2.10. The fourth-order valence-electron chi connectivity index (χ4n) is 2.05. The molecule has 1 N–H and O–H groups in total. The van der Waals surface area contributed by atoms with E-state index in [1.807, 2.05) is 24.3 Å². The molecule has 0 radical (unpaired) electrons. The molecule has 4 nitrogen and oxygen atoms in total. The molecule has 0 heterocycles. The predicted octanol–water partition coefficient (Wildman–Crippen LogP) is 4.47. The summed E-state index contributed by atoms with van der Waals surface area (Å²) >= 11 is 0. The Morgan fingerprint density at radius 2 is 1.86 bits per heavy atom. The van der Waals surface area contributed by atoms with E-state index in [0.717, 1.165) is 5.56 Å². The van der Waals surface area contributed by atoms with E-state index in [9.17, 15) is 14.5 Å². The number of nitrogens with zero attached hydrogens (tertiary/aromatic N) is 1. The second kappa shape index (κ2) is 6.35. The van der Waals surface area contributed by atoms with Gasteiger partial charge in [0.05, 0.1) is 4.92 Å². The van der Waals surface area contributed by atoms with Crippen LogP contribution in [0.25, 0.3) is 0 Å². The van der Waals surface area contributed by atoms with Crippen molar-refractivity contribution < 1.29 is 9.31 Å². The zero-order chi connectivity index (χ0) is 15.4. The lowest BCUT2D eigenvalue weighted by molar-refractivity contribution is -0.384. The number of nitro benzene ring substituents is 1. The summed E-state index contributed by atoms with van der Waals surface area (Å²) in [5, 5.41) is 13.7. The number of para-hydroxylation sites is 1. The van der Waals surface area contributed by atoms with Crippen LogP contribution >= 0.6 is 0 Å². The van der Waals surface area contributed by atoms with E-state index in [1.54, 1.807) is 0 Å². The van der Waals surface area contributed by atoms with Gasteiger partial charge in [0.1, 0.15) is 5.69 Å². The van der Waals surface area contributed by atoms with Crippen molar-refractivity contribution in [2.75, 3.05) is 5.32 Å². The summed E-state index contributed by atoms with van der Waals surface area (Å²) in [6, 6.07) is 11.7. The van der Waals surface area contributed by atoms with Crippen LogP contribution in [0.1, 0.15) is 30.9 Å². The van der Waals surface area contributed by atoms with Crippen molar-refractivity contribution in [3.05, 3.63) is 69.5 Å². The van der Waals surface area contributed by atoms with Crippen molar-refractivity contribution in [1.29, 1.82) is 0 Å². The average molecular weight is 288 g/mol. The fourth-order valence-corrected chi connectivity index (χ4v) is 2.05. The van der Waals surface area contributed by atoms with Gasteiger partial charge in [0.25, 0.3) is 5.69 Å². The standard InChI is InChI=1S/C16H17FN2O2/c1-11(2)13-8-6-12(7-9-13)10-18-16-14(17)4-3-5-15(16)19(20)21/h3-9,11,18H,10H2,1-2H3. The summed E-state index contributed by atoms with van der Waals surface area (Å²) in [6.45, 7) is 4.55. The first-order chi connectivity index (χ1) is 9.99. The van der Waals surface area contributed by atoms with Gasteiger partial charge in [0.2, 0.25) is 0 Å². The summed E-state index contributed by atoms with van der Waals surface area (Å²) in [5.41, 5.74) is 1.83. The Balaban J connectivity index is 2.15. The minimum Gasteiger partial charge on any atom is -0.373 e. The van der Waals surface area contributed by atoms with Gasteiger partial charge in [-0.1, -0.05) is 44.2 Å². The second-order valence-corrected chi connectivity index (χ2v) is 5.14. The smallest absolute Gasteiger partial charge is 0.295 e. The van der Waals surface area contributed by atoms with E-state index < -0.39 is 10.7 Å². The molecule has 0 spiro atoms. The molecule has 2 aromatic carbocycles. The molecule has 0 aliphatic heterocycles. The summed E-state index contributed by atoms with van der Waals surface area (Å²) in [7, 11) is 0. The Kier molecular flexibility index (Phi) is 4.52. The Morgan fingerprint density at radius 3 is 2.43 bits per heavy atom. The maximum Gasteiger partial charge on any atom is 0.295 e. The number of nitro groups is 1. The SMILES string of the molecule is CC(C)c1ccc(CNc2c(F)cccc2[N+](=O)[O-])cc1. The van der Waals surface area contributed by atoms with Crippen LogP contribution in [-0.4, -0.2) is 4.92 Å². The van der Waals surface area contributed by atoms with Crippen LogP contribution in [0.4, 0.5) is 15.8 Å². The molecule has 2 rings (SSSR count). The second-order valence-electron chi connectivity index (χ2n) is 5.14. The number of benzene rings is 2. The third-order valence-corrected chi connectivity index (χ3v) is 3.30.